The van der Waals surface area contributed by atoms with E-state index in [1.54, 1.807) is 12.1 Å². The van der Waals surface area contributed by atoms with Crippen molar-refractivity contribution in [3.63, 3.8) is 0 Å². The first-order valence-electron chi connectivity index (χ1n) is 6.19. The lowest BCUT2D eigenvalue weighted by Crippen LogP contribution is -2.36. The van der Waals surface area contributed by atoms with Gasteiger partial charge in [-0.15, -0.1) is 0 Å². The van der Waals surface area contributed by atoms with Crippen LogP contribution in [0, 0.1) is 6.92 Å². The Hall–Kier alpha value is -0.960. The van der Waals surface area contributed by atoms with Gasteiger partial charge in [0.1, 0.15) is 0 Å². The molecule has 1 rings (SSSR count). The Bertz CT molecular complexity index is 637. The topological polar surface area (TPSA) is 83.6 Å². The molecule has 0 aliphatic carbocycles. The number of hydrogen-bond acceptors (Lipinski definition) is 4. The summed E-state index contributed by atoms with van der Waals surface area (Å²) >= 11 is 0. The van der Waals surface area contributed by atoms with Crippen LogP contribution in [0.15, 0.2) is 29.2 Å². The van der Waals surface area contributed by atoms with Gasteiger partial charge in [-0.3, -0.25) is 0 Å². The number of likely N-dealkylation sites (N-methyl/N-ethyl adjacent to an activating group) is 1. The third kappa shape index (κ3) is 4.55. The average molecular weight is 320 g/mol. The van der Waals surface area contributed by atoms with E-state index in [4.69, 9.17) is 0 Å². The maximum absolute atomic E-state index is 12.2. The highest BCUT2D eigenvalue weighted by Gasteiger charge is 2.20. The predicted molar refractivity (Wildman–Crippen MR) is 78.5 cm³/mol. The fourth-order valence-electron chi connectivity index (χ4n) is 1.47. The molecule has 8 heteroatoms. The van der Waals surface area contributed by atoms with Crippen LogP contribution >= 0.6 is 0 Å². The molecule has 0 radical (unpaired) electrons. The van der Waals surface area contributed by atoms with E-state index >= 15 is 0 Å². The maximum atomic E-state index is 12.2. The lowest BCUT2D eigenvalue weighted by Gasteiger charge is -2.17. The fourth-order valence-corrected chi connectivity index (χ4v) is 3.25. The van der Waals surface area contributed by atoms with Gasteiger partial charge in [-0.2, -0.15) is 4.31 Å². The largest absolute Gasteiger partial charge is 0.242 e. The van der Waals surface area contributed by atoms with Crippen molar-refractivity contribution in [3.8, 4) is 0 Å². The molecule has 0 aliphatic heterocycles. The monoisotopic (exact) mass is 320 g/mol. The standard InChI is InChI=1S/C12H20N2O4S2/c1-4-19(15,16)13-9-10-14(3)20(17,18)12-7-5-11(2)6-8-12/h5-8,13H,4,9-10H2,1-3H3. The summed E-state index contributed by atoms with van der Waals surface area (Å²) in [6, 6.07) is 6.52. The van der Waals surface area contributed by atoms with Gasteiger partial charge >= 0.3 is 0 Å². The number of sulfonamides is 2. The van der Waals surface area contributed by atoms with Crippen LogP contribution < -0.4 is 4.72 Å². The zero-order chi connectivity index (χ0) is 15.4. The van der Waals surface area contributed by atoms with Gasteiger partial charge in [0.2, 0.25) is 20.0 Å². The molecule has 0 spiro atoms. The van der Waals surface area contributed by atoms with Crippen LogP contribution in [-0.2, 0) is 20.0 Å². The van der Waals surface area contributed by atoms with Crippen LogP contribution in [0.3, 0.4) is 0 Å². The van der Waals surface area contributed by atoms with Crippen molar-refractivity contribution in [1.29, 1.82) is 0 Å². The van der Waals surface area contributed by atoms with Gasteiger partial charge in [-0.05, 0) is 26.0 Å². The molecule has 114 valence electrons. The minimum atomic E-state index is -3.58. The van der Waals surface area contributed by atoms with Crippen molar-refractivity contribution >= 4 is 20.0 Å². The predicted octanol–water partition coefficient (Wildman–Crippen LogP) is 0.555. The number of nitrogens with one attached hydrogen (secondary N) is 1. The lowest BCUT2D eigenvalue weighted by molar-refractivity contribution is 0.469. The van der Waals surface area contributed by atoms with Gasteiger partial charge in [0.05, 0.1) is 10.6 Å². The smallest absolute Gasteiger partial charge is 0.214 e. The first kappa shape index (κ1) is 17.1. The SMILES string of the molecule is CCS(=O)(=O)NCCN(C)S(=O)(=O)c1ccc(C)cc1. The molecule has 0 atom stereocenters. The van der Waals surface area contributed by atoms with Crippen molar-refractivity contribution in [3.05, 3.63) is 29.8 Å². The highest BCUT2D eigenvalue weighted by atomic mass is 32.2. The third-order valence-electron chi connectivity index (χ3n) is 2.86. The van der Waals surface area contributed by atoms with Gasteiger partial charge in [0.25, 0.3) is 0 Å². The molecule has 1 aromatic rings. The Morgan fingerprint density at radius 2 is 1.65 bits per heavy atom. The van der Waals surface area contributed by atoms with Crippen LogP contribution in [0.5, 0.6) is 0 Å². The van der Waals surface area contributed by atoms with Crippen LogP contribution in [0.2, 0.25) is 0 Å². The minimum absolute atomic E-state index is 0.0264. The summed E-state index contributed by atoms with van der Waals surface area (Å²) in [6.45, 7) is 3.53. The molecule has 0 bridgehead atoms. The minimum Gasteiger partial charge on any atom is -0.214 e. The van der Waals surface area contributed by atoms with Crippen LogP contribution in [0.4, 0.5) is 0 Å². The molecule has 6 nitrogen and oxygen atoms in total. The first-order chi connectivity index (χ1) is 9.19. The van der Waals surface area contributed by atoms with Gasteiger partial charge < -0.3 is 0 Å². The molecule has 1 N–H and O–H groups in total. The second kappa shape index (κ2) is 6.66. The van der Waals surface area contributed by atoms with Crippen molar-refractivity contribution in [1.82, 2.24) is 9.03 Å². The van der Waals surface area contributed by atoms with E-state index in [0.717, 1.165) is 9.87 Å². The van der Waals surface area contributed by atoms with E-state index in [1.807, 2.05) is 6.92 Å². The number of benzene rings is 1. The zero-order valence-electron chi connectivity index (χ0n) is 11.8. The number of nitrogens with zero attached hydrogens (tertiary/aromatic N) is 1. The Morgan fingerprint density at radius 1 is 1.10 bits per heavy atom. The molecule has 0 saturated carbocycles. The summed E-state index contributed by atoms with van der Waals surface area (Å²) in [6.07, 6.45) is 0. The highest BCUT2D eigenvalue weighted by molar-refractivity contribution is 7.89. The molecule has 0 aliphatic rings. The van der Waals surface area contributed by atoms with E-state index in [2.05, 4.69) is 4.72 Å². The molecule has 20 heavy (non-hydrogen) atoms. The molecule has 0 heterocycles. The lowest BCUT2D eigenvalue weighted by atomic mass is 10.2. The summed E-state index contributed by atoms with van der Waals surface area (Å²) in [5.41, 5.74) is 0.974. The molecule has 1 aromatic carbocycles. The van der Waals surface area contributed by atoms with E-state index in [1.165, 1.54) is 26.1 Å². The van der Waals surface area contributed by atoms with Crippen molar-refractivity contribution < 1.29 is 16.8 Å². The zero-order valence-corrected chi connectivity index (χ0v) is 13.5. The second-order valence-corrected chi connectivity index (χ2v) is 8.58. The Kier molecular flexibility index (Phi) is 5.69. The van der Waals surface area contributed by atoms with Crippen molar-refractivity contribution in [2.75, 3.05) is 25.9 Å². The second-order valence-electron chi connectivity index (χ2n) is 4.44. The maximum Gasteiger partial charge on any atom is 0.242 e. The Balaban J connectivity index is 2.71. The summed E-state index contributed by atoms with van der Waals surface area (Å²) in [4.78, 5) is 0.198. The highest BCUT2D eigenvalue weighted by Crippen LogP contribution is 2.14. The van der Waals surface area contributed by atoms with Gasteiger partial charge in [0.15, 0.2) is 0 Å². The normalized spacial score (nSPS) is 12.8. The van der Waals surface area contributed by atoms with E-state index in [9.17, 15) is 16.8 Å². The van der Waals surface area contributed by atoms with Crippen LogP contribution in [-0.4, -0.2) is 47.0 Å². The molecular formula is C12H20N2O4S2. The molecule has 0 aromatic heterocycles. The Labute approximate surface area is 120 Å². The first-order valence-corrected chi connectivity index (χ1v) is 9.28. The summed E-state index contributed by atoms with van der Waals surface area (Å²) < 4.78 is 50.4. The number of hydrogen-bond donors (Lipinski definition) is 1. The van der Waals surface area contributed by atoms with Gasteiger partial charge in [-0.25, -0.2) is 21.6 Å². The van der Waals surface area contributed by atoms with Crippen LogP contribution in [0.25, 0.3) is 0 Å². The van der Waals surface area contributed by atoms with Gasteiger partial charge in [0, 0.05) is 20.1 Å². The van der Waals surface area contributed by atoms with Crippen LogP contribution in [0.1, 0.15) is 12.5 Å². The quantitative estimate of drug-likeness (QED) is 0.795. The van der Waals surface area contributed by atoms with Crippen molar-refractivity contribution in [2.24, 2.45) is 0 Å². The number of aryl methyl sites for hydroxylation is 1. The summed E-state index contributed by atoms with van der Waals surface area (Å²) in [5.74, 6) is -0.0264. The third-order valence-corrected chi connectivity index (χ3v) is 6.13. The molecular weight excluding hydrogens is 300 g/mol. The molecule has 0 unspecified atom stereocenters. The van der Waals surface area contributed by atoms with E-state index in [0.29, 0.717) is 0 Å². The Morgan fingerprint density at radius 3 is 2.15 bits per heavy atom. The van der Waals surface area contributed by atoms with Gasteiger partial charge in [-0.1, -0.05) is 17.7 Å². The van der Waals surface area contributed by atoms with E-state index in [-0.39, 0.29) is 23.7 Å². The van der Waals surface area contributed by atoms with E-state index < -0.39 is 20.0 Å². The molecule has 0 fully saturated rings. The van der Waals surface area contributed by atoms with Crippen molar-refractivity contribution in [2.45, 2.75) is 18.7 Å². The summed E-state index contributed by atoms with van der Waals surface area (Å²) in [5, 5.41) is 0. The average Bonchev–Trinajstić information content (AvgIpc) is 2.39. The molecule has 0 amide bonds. The fraction of sp³-hybridized carbons (Fsp3) is 0.500. The molecule has 0 saturated heterocycles. The summed E-state index contributed by atoms with van der Waals surface area (Å²) in [7, 11) is -5.46. The number of rotatable bonds is 7.